The summed E-state index contributed by atoms with van der Waals surface area (Å²) < 4.78 is 0. The maximum absolute atomic E-state index is 12.2. The van der Waals surface area contributed by atoms with Crippen LogP contribution in [-0.2, 0) is 4.79 Å². The van der Waals surface area contributed by atoms with E-state index in [9.17, 15) is 4.79 Å². The zero-order chi connectivity index (χ0) is 12.3. The minimum Gasteiger partial charge on any atom is -0.309 e. The van der Waals surface area contributed by atoms with Gasteiger partial charge < -0.3 is 5.32 Å². The molecule has 94 valence electrons. The van der Waals surface area contributed by atoms with Gasteiger partial charge in [0.1, 0.15) is 5.78 Å². The van der Waals surface area contributed by atoms with Crippen molar-refractivity contribution in [1.82, 2.24) is 5.32 Å². The SMILES string of the molecule is CC(C)C(=O)C1CCCCC1NC(C)(C)C. The molecule has 1 aliphatic carbocycles. The first-order valence-electron chi connectivity index (χ1n) is 6.62. The van der Waals surface area contributed by atoms with E-state index in [1.165, 1.54) is 12.8 Å². The molecule has 0 heterocycles. The van der Waals surface area contributed by atoms with Crippen LogP contribution in [0.15, 0.2) is 0 Å². The van der Waals surface area contributed by atoms with E-state index in [1.54, 1.807) is 0 Å². The van der Waals surface area contributed by atoms with E-state index in [-0.39, 0.29) is 17.4 Å². The fourth-order valence-corrected chi connectivity index (χ4v) is 2.63. The molecule has 0 radical (unpaired) electrons. The van der Waals surface area contributed by atoms with Crippen LogP contribution in [0, 0.1) is 11.8 Å². The summed E-state index contributed by atoms with van der Waals surface area (Å²) in [5.74, 6) is 0.863. The first kappa shape index (κ1) is 13.7. The molecule has 0 aromatic carbocycles. The third-order valence-electron chi connectivity index (χ3n) is 3.32. The third kappa shape index (κ3) is 3.89. The highest BCUT2D eigenvalue weighted by atomic mass is 16.1. The average Bonchev–Trinajstić information content (AvgIpc) is 2.15. The molecule has 2 nitrogen and oxygen atoms in total. The molecule has 16 heavy (non-hydrogen) atoms. The molecule has 0 saturated heterocycles. The lowest BCUT2D eigenvalue weighted by molar-refractivity contribution is -0.127. The summed E-state index contributed by atoms with van der Waals surface area (Å²) in [4.78, 5) is 12.2. The van der Waals surface area contributed by atoms with Gasteiger partial charge in [-0.3, -0.25) is 4.79 Å². The van der Waals surface area contributed by atoms with Crippen LogP contribution in [0.3, 0.4) is 0 Å². The summed E-state index contributed by atoms with van der Waals surface area (Å²) in [5.41, 5.74) is 0.109. The van der Waals surface area contributed by atoms with Gasteiger partial charge in [0.05, 0.1) is 0 Å². The summed E-state index contributed by atoms with van der Waals surface area (Å²) in [6.45, 7) is 10.6. The van der Waals surface area contributed by atoms with Crippen molar-refractivity contribution in [1.29, 1.82) is 0 Å². The van der Waals surface area contributed by atoms with Crippen molar-refractivity contribution in [3.05, 3.63) is 0 Å². The van der Waals surface area contributed by atoms with E-state index in [1.807, 2.05) is 13.8 Å². The van der Waals surface area contributed by atoms with Gasteiger partial charge in [0, 0.05) is 23.4 Å². The molecule has 1 aliphatic rings. The van der Waals surface area contributed by atoms with E-state index in [2.05, 4.69) is 26.1 Å². The number of Topliss-reactive ketones (excluding diaryl/α,β-unsaturated/α-hetero) is 1. The number of carbonyl (C=O) groups is 1. The molecule has 0 aliphatic heterocycles. The Morgan fingerprint density at radius 2 is 1.75 bits per heavy atom. The van der Waals surface area contributed by atoms with Crippen molar-refractivity contribution in [2.45, 2.75) is 71.9 Å². The minimum absolute atomic E-state index is 0.109. The van der Waals surface area contributed by atoms with Crippen LogP contribution in [0.25, 0.3) is 0 Å². The number of hydrogen-bond acceptors (Lipinski definition) is 2. The number of rotatable bonds is 3. The Balaban J connectivity index is 2.68. The van der Waals surface area contributed by atoms with Crippen molar-refractivity contribution < 1.29 is 4.79 Å². The summed E-state index contributed by atoms with van der Waals surface area (Å²) >= 11 is 0. The lowest BCUT2D eigenvalue weighted by Gasteiger charge is -2.37. The van der Waals surface area contributed by atoms with Crippen LogP contribution in [0.5, 0.6) is 0 Å². The molecule has 2 heteroatoms. The molecule has 2 unspecified atom stereocenters. The van der Waals surface area contributed by atoms with Gasteiger partial charge in [-0.05, 0) is 33.6 Å². The van der Waals surface area contributed by atoms with Crippen molar-refractivity contribution in [2.24, 2.45) is 11.8 Å². The van der Waals surface area contributed by atoms with Crippen LogP contribution < -0.4 is 5.32 Å². The third-order valence-corrected chi connectivity index (χ3v) is 3.32. The Bertz CT molecular complexity index is 240. The van der Waals surface area contributed by atoms with E-state index < -0.39 is 0 Å². The molecule has 1 rings (SSSR count). The van der Waals surface area contributed by atoms with Gasteiger partial charge in [0.15, 0.2) is 0 Å². The molecule has 1 saturated carbocycles. The summed E-state index contributed by atoms with van der Waals surface area (Å²) in [7, 11) is 0. The van der Waals surface area contributed by atoms with Crippen molar-refractivity contribution in [3.63, 3.8) is 0 Å². The second-order valence-electron chi connectivity index (χ2n) is 6.45. The lowest BCUT2D eigenvalue weighted by atomic mass is 9.78. The molecular formula is C14H27NO. The van der Waals surface area contributed by atoms with Gasteiger partial charge in [0.25, 0.3) is 0 Å². The number of carbonyl (C=O) groups excluding carboxylic acids is 1. The van der Waals surface area contributed by atoms with Gasteiger partial charge >= 0.3 is 0 Å². The van der Waals surface area contributed by atoms with E-state index in [0.29, 0.717) is 11.8 Å². The van der Waals surface area contributed by atoms with E-state index >= 15 is 0 Å². The van der Waals surface area contributed by atoms with Gasteiger partial charge in [-0.1, -0.05) is 26.7 Å². The molecule has 0 bridgehead atoms. The fourth-order valence-electron chi connectivity index (χ4n) is 2.63. The molecule has 1 N–H and O–H groups in total. The minimum atomic E-state index is 0.109. The molecule has 0 aromatic heterocycles. The highest BCUT2D eigenvalue weighted by Gasteiger charge is 2.33. The normalized spacial score (nSPS) is 27.1. The number of ketones is 1. The van der Waals surface area contributed by atoms with Gasteiger partial charge in [-0.2, -0.15) is 0 Å². The number of hydrogen-bond donors (Lipinski definition) is 1. The molecule has 0 amide bonds. The largest absolute Gasteiger partial charge is 0.309 e. The Hall–Kier alpha value is -0.370. The zero-order valence-electron chi connectivity index (χ0n) is 11.5. The smallest absolute Gasteiger partial charge is 0.140 e. The first-order valence-corrected chi connectivity index (χ1v) is 6.62. The van der Waals surface area contributed by atoms with Crippen LogP contribution >= 0.6 is 0 Å². The monoisotopic (exact) mass is 225 g/mol. The Kier molecular flexibility index (Phi) is 4.54. The van der Waals surface area contributed by atoms with E-state index in [4.69, 9.17) is 0 Å². The van der Waals surface area contributed by atoms with Crippen molar-refractivity contribution in [3.8, 4) is 0 Å². The van der Waals surface area contributed by atoms with Gasteiger partial charge in [-0.25, -0.2) is 0 Å². The second kappa shape index (κ2) is 5.31. The molecule has 0 spiro atoms. The second-order valence-corrected chi connectivity index (χ2v) is 6.45. The van der Waals surface area contributed by atoms with Crippen LogP contribution in [0.4, 0.5) is 0 Å². The predicted molar refractivity (Wildman–Crippen MR) is 68.5 cm³/mol. The molecule has 2 atom stereocenters. The quantitative estimate of drug-likeness (QED) is 0.799. The zero-order valence-corrected chi connectivity index (χ0v) is 11.5. The summed E-state index contributed by atoms with van der Waals surface area (Å²) in [5, 5.41) is 3.62. The maximum Gasteiger partial charge on any atom is 0.140 e. The number of nitrogens with one attached hydrogen (secondary N) is 1. The molecule has 0 aromatic rings. The predicted octanol–water partition coefficient (Wildman–Crippen LogP) is 3.16. The highest BCUT2D eigenvalue weighted by molar-refractivity contribution is 5.83. The highest BCUT2D eigenvalue weighted by Crippen LogP contribution is 2.28. The summed E-state index contributed by atoms with van der Waals surface area (Å²) in [6, 6.07) is 0.392. The van der Waals surface area contributed by atoms with Gasteiger partial charge in [-0.15, -0.1) is 0 Å². The maximum atomic E-state index is 12.2. The van der Waals surface area contributed by atoms with Crippen LogP contribution in [0.2, 0.25) is 0 Å². The standard InChI is InChI=1S/C14H27NO/c1-10(2)13(16)11-8-6-7-9-12(11)15-14(3,4)5/h10-12,15H,6-9H2,1-5H3. The fraction of sp³-hybridized carbons (Fsp3) is 0.929. The topological polar surface area (TPSA) is 29.1 Å². The first-order chi connectivity index (χ1) is 7.31. The van der Waals surface area contributed by atoms with Gasteiger partial charge in [0.2, 0.25) is 0 Å². The average molecular weight is 225 g/mol. The molecule has 1 fully saturated rings. The van der Waals surface area contributed by atoms with E-state index in [0.717, 1.165) is 12.8 Å². The van der Waals surface area contributed by atoms with Crippen molar-refractivity contribution >= 4 is 5.78 Å². The molecular weight excluding hydrogens is 198 g/mol. The van der Waals surface area contributed by atoms with Crippen LogP contribution in [0.1, 0.15) is 60.3 Å². The Morgan fingerprint density at radius 3 is 2.25 bits per heavy atom. The van der Waals surface area contributed by atoms with Crippen LogP contribution in [-0.4, -0.2) is 17.4 Å². The van der Waals surface area contributed by atoms with Crippen molar-refractivity contribution in [2.75, 3.05) is 0 Å². The Morgan fingerprint density at radius 1 is 1.19 bits per heavy atom. The lowest BCUT2D eigenvalue weighted by Crippen LogP contribution is -2.51. The Labute approximate surface area is 100 Å². The summed E-state index contributed by atoms with van der Waals surface area (Å²) in [6.07, 6.45) is 4.70.